The average Bonchev–Trinajstić information content (AvgIpc) is 2.64. The van der Waals surface area contributed by atoms with E-state index in [-0.39, 0.29) is 29.9 Å². The Balaban J connectivity index is 1.66. The van der Waals surface area contributed by atoms with E-state index in [1.807, 2.05) is 0 Å². The van der Waals surface area contributed by atoms with Crippen LogP contribution in [-0.4, -0.2) is 66.3 Å². The van der Waals surface area contributed by atoms with Crippen molar-refractivity contribution >= 4 is 29.1 Å². The molecule has 7 nitrogen and oxygen atoms in total. The zero-order chi connectivity index (χ0) is 17.7. The Bertz CT molecular complexity index is 733. The number of halogens is 1. The van der Waals surface area contributed by atoms with Crippen LogP contribution in [0.1, 0.15) is 23.2 Å². The second-order valence-electron chi connectivity index (χ2n) is 6.90. The number of benzene rings is 1. The van der Waals surface area contributed by atoms with Crippen LogP contribution in [0.3, 0.4) is 0 Å². The summed E-state index contributed by atoms with van der Waals surface area (Å²) in [5.74, 6) is -0.164. The highest BCUT2D eigenvalue weighted by Crippen LogP contribution is 2.39. The second kappa shape index (κ2) is 6.16. The Morgan fingerprint density at radius 2 is 2.08 bits per heavy atom. The van der Waals surface area contributed by atoms with Crippen molar-refractivity contribution in [1.82, 2.24) is 9.96 Å². The first-order valence-corrected chi connectivity index (χ1v) is 8.81. The molecule has 1 N–H and O–H groups in total. The van der Waals surface area contributed by atoms with Crippen molar-refractivity contribution in [3.63, 3.8) is 0 Å². The third kappa shape index (κ3) is 2.76. The van der Waals surface area contributed by atoms with Crippen LogP contribution in [0.5, 0.6) is 5.75 Å². The number of fused-ring (bicyclic) bond motifs is 4. The van der Waals surface area contributed by atoms with Gasteiger partial charge in [0.1, 0.15) is 0 Å². The third-order valence-electron chi connectivity index (χ3n) is 5.48. The van der Waals surface area contributed by atoms with Gasteiger partial charge in [-0.25, -0.2) is 5.06 Å². The first-order valence-electron chi connectivity index (χ1n) is 8.43. The molecule has 4 heterocycles. The molecule has 8 heteroatoms. The largest absolute Gasteiger partial charge is 0.481 e. The van der Waals surface area contributed by atoms with E-state index in [2.05, 4.69) is 4.90 Å². The molecule has 0 saturated carbocycles. The summed E-state index contributed by atoms with van der Waals surface area (Å²) in [5.41, 5.74) is 0.621. The van der Waals surface area contributed by atoms with Crippen molar-refractivity contribution in [2.24, 2.45) is 5.92 Å². The lowest BCUT2D eigenvalue weighted by Crippen LogP contribution is -2.57. The molecule has 2 amide bonds. The van der Waals surface area contributed by atoms with Gasteiger partial charge < -0.3 is 14.5 Å². The lowest BCUT2D eigenvalue weighted by atomic mass is 9.83. The highest BCUT2D eigenvalue weighted by molar-refractivity contribution is 6.31. The average molecular weight is 366 g/mol. The Hall–Kier alpha value is -1.83. The van der Waals surface area contributed by atoms with Crippen molar-refractivity contribution in [3.8, 4) is 5.75 Å². The number of hydroxylamine groups is 2. The second-order valence-corrected chi connectivity index (χ2v) is 7.33. The number of hydrogen-bond acceptors (Lipinski definition) is 5. The zero-order valence-corrected chi connectivity index (χ0v) is 14.7. The maximum atomic E-state index is 12.9. The normalized spacial score (nSPS) is 27.7. The third-order valence-corrected chi connectivity index (χ3v) is 5.70. The Morgan fingerprint density at radius 1 is 1.36 bits per heavy atom. The minimum Gasteiger partial charge on any atom is -0.481 e. The number of nitrogens with zero attached hydrogens (tertiary/aromatic N) is 3. The number of carbonyl (C=O) groups excluding carboxylic acids is 2. The molecule has 1 aromatic rings. The minimum absolute atomic E-state index is 0.142. The predicted molar refractivity (Wildman–Crippen MR) is 91.3 cm³/mol. The van der Waals surface area contributed by atoms with E-state index in [4.69, 9.17) is 16.3 Å². The van der Waals surface area contributed by atoms with Crippen LogP contribution in [0.25, 0.3) is 0 Å². The fraction of sp³-hybridized carbons (Fsp3) is 0.529. The maximum absolute atomic E-state index is 12.9. The van der Waals surface area contributed by atoms with Crippen LogP contribution in [0, 0.1) is 5.92 Å². The summed E-state index contributed by atoms with van der Waals surface area (Å²) in [4.78, 5) is 28.4. The minimum atomic E-state index is -0.541. The SMILES string of the molecule is CN1C(=O)COc2c(C(=O)N(O)C3CN4CCC3CC4)cc(Cl)cc21. The molecule has 5 rings (SSSR count). The van der Waals surface area contributed by atoms with Gasteiger partial charge in [0.2, 0.25) is 0 Å². The molecule has 0 aliphatic carbocycles. The van der Waals surface area contributed by atoms with Crippen LogP contribution in [0.4, 0.5) is 5.69 Å². The molecular formula is C17H20ClN3O4. The van der Waals surface area contributed by atoms with E-state index in [1.54, 1.807) is 13.1 Å². The fourth-order valence-corrected chi connectivity index (χ4v) is 4.20. The van der Waals surface area contributed by atoms with E-state index >= 15 is 0 Å². The number of ether oxygens (including phenoxy) is 1. The molecule has 1 aromatic carbocycles. The van der Waals surface area contributed by atoms with Crippen molar-refractivity contribution in [2.75, 3.05) is 38.2 Å². The summed E-state index contributed by atoms with van der Waals surface area (Å²) in [7, 11) is 1.61. The molecule has 4 aliphatic rings. The van der Waals surface area contributed by atoms with Crippen LogP contribution in [0.15, 0.2) is 12.1 Å². The molecule has 3 fully saturated rings. The number of anilines is 1. The molecule has 1 unspecified atom stereocenters. The fourth-order valence-electron chi connectivity index (χ4n) is 3.99. The molecule has 1 atom stereocenters. The van der Waals surface area contributed by atoms with E-state index in [9.17, 15) is 14.8 Å². The Kier molecular flexibility index (Phi) is 4.10. The van der Waals surface area contributed by atoms with Gasteiger partial charge in [0.25, 0.3) is 11.8 Å². The summed E-state index contributed by atoms with van der Waals surface area (Å²) in [6, 6.07) is 2.84. The van der Waals surface area contributed by atoms with Gasteiger partial charge >= 0.3 is 0 Å². The summed E-state index contributed by atoms with van der Waals surface area (Å²) < 4.78 is 5.49. The predicted octanol–water partition coefficient (Wildman–Crippen LogP) is 1.62. The quantitative estimate of drug-likeness (QED) is 0.637. The van der Waals surface area contributed by atoms with Crippen LogP contribution in [-0.2, 0) is 4.79 Å². The van der Waals surface area contributed by atoms with Crippen molar-refractivity contribution < 1.29 is 19.5 Å². The number of rotatable bonds is 2. The summed E-state index contributed by atoms with van der Waals surface area (Å²) in [6.07, 6.45) is 1.97. The smallest absolute Gasteiger partial charge is 0.281 e. The van der Waals surface area contributed by atoms with Crippen molar-refractivity contribution in [2.45, 2.75) is 18.9 Å². The topological polar surface area (TPSA) is 73.3 Å². The molecule has 4 aliphatic heterocycles. The van der Waals surface area contributed by atoms with Crippen molar-refractivity contribution in [1.29, 1.82) is 0 Å². The molecule has 0 radical (unpaired) electrons. The number of hydrogen-bond donors (Lipinski definition) is 1. The highest BCUT2D eigenvalue weighted by atomic mass is 35.5. The van der Waals surface area contributed by atoms with Crippen LogP contribution < -0.4 is 9.64 Å². The first kappa shape index (κ1) is 16.6. The number of carbonyl (C=O) groups is 2. The molecule has 134 valence electrons. The van der Waals surface area contributed by atoms with Gasteiger partial charge in [0.05, 0.1) is 17.3 Å². The molecule has 0 aromatic heterocycles. The molecular weight excluding hydrogens is 346 g/mol. The lowest BCUT2D eigenvalue weighted by molar-refractivity contribution is -0.133. The lowest BCUT2D eigenvalue weighted by Gasteiger charge is -2.46. The number of likely N-dealkylation sites (N-methyl/N-ethyl adjacent to an activating group) is 1. The summed E-state index contributed by atoms with van der Waals surface area (Å²) in [6.45, 7) is 2.57. The van der Waals surface area contributed by atoms with Gasteiger partial charge in [-0.3, -0.25) is 14.8 Å². The van der Waals surface area contributed by atoms with Crippen LogP contribution in [0.2, 0.25) is 5.02 Å². The van der Waals surface area contributed by atoms with Gasteiger partial charge in [-0.05, 0) is 44.0 Å². The van der Waals surface area contributed by atoms with Gasteiger partial charge in [-0.2, -0.15) is 0 Å². The maximum Gasteiger partial charge on any atom is 0.281 e. The van der Waals surface area contributed by atoms with Gasteiger partial charge in [-0.1, -0.05) is 11.6 Å². The zero-order valence-electron chi connectivity index (χ0n) is 13.9. The molecule has 25 heavy (non-hydrogen) atoms. The van der Waals surface area contributed by atoms with Crippen molar-refractivity contribution in [3.05, 3.63) is 22.7 Å². The molecule has 0 spiro atoms. The van der Waals surface area contributed by atoms with E-state index in [0.29, 0.717) is 23.2 Å². The number of piperidine rings is 3. The highest BCUT2D eigenvalue weighted by Gasteiger charge is 2.40. The monoisotopic (exact) mass is 365 g/mol. The Morgan fingerprint density at radius 3 is 2.72 bits per heavy atom. The van der Waals surface area contributed by atoms with Gasteiger partial charge in [-0.15, -0.1) is 0 Å². The van der Waals surface area contributed by atoms with Gasteiger partial charge in [0.15, 0.2) is 12.4 Å². The summed E-state index contributed by atoms with van der Waals surface area (Å²) in [5, 5.41) is 11.8. The van der Waals surface area contributed by atoms with Crippen LogP contribution >= 0.6 is 11.6 Å². The van der Waals surface area contributed by atoms with E-state index < -0.39 is 5.91 Å². The van der Waals surface area contributed by atoms with E-state index in [1.165, 1.54) is 11.0 Å². The Labute approximate surface area is 150 Å². The number of amides is 2. The molecule has 2 bridgehead atoms. The summed E-state index contributed by atoms with van der Waals surface area (Å²) >= 11 is 6.14. The van der Waals surface area contributed by atoms with Gasteiger partial charge in [0, 0.05) is 18.6 Å². The molecule has 3 saturated heterocycles. The standard InChI is InChI=1S/C17H20ClN3O4/c1-19-13-7-11(18)6-12(16(13)25-9-15(19)22)17(23)21(24)14-8-20-4-2-10(14)3-5-20/h6-7,10,14,24H,2-5,8-9H2,1H3. The van der Waals surface area contributed by atoms with E-state index in [0.717, 1.165) is 31.0 Å². The first-order chi connectivity index (χ1) is 12.0.